The Hall–Kier alpha value is -2.30. The van der Waals surface area contributed by atoms with Gasteiger partial charge in [-0.1, -0.05) is 12.1 Å². The van der Waals surface area contributed by atoms with Gasteiger partial charge in [-0.2, -0.15) is 0 Å². The maximum Gasteiger partial charge on any atom is 0.294 e. The molecule has 1 aromatic rings. The van der Waals surface area contributed by atoms with Crippen molar-refractivity contribution in [1.29, 1.82) is 0 Å². The van der Waals surface area contributed by atoms with E-state index in [-0.39, 0.29) is 11.5 Å². The van der Waals surface area contributed by atoms with E-state index in [1.807, 2.05) is 0 Å². The Morgan fingerprint density at radius 2 is 2.11 bits per heavy atom. The SMILES string of the molecule is CC(=O)c1cccc(NC(=O)C2=COCCO2)c1. The summed E-state index contributed by atoms with van der Waals surface area (Å²) in [5, 5.41) is 2.64. The zero-order valence-corrected chi connectivity index (χ0v) is 9.93. The number of ether oxygens (including phenoxy) is 2. The van der Waals surface area contributed by atoms with Crippen molar-refractivity contribution in [3.8, 4) is 0 Å². The molecule has 0 fully saturated rings. The van der Waals surface area contributed by atoms with Crippen LogP contribution in [-0.4, -0.2) is 24.9 Å². The van der Waals surface area contributed by atoms with Crippen molar-refractivity contribution < 1.29 is 19.1 Å². The Labute approximate surface area is 104 Å². The predicted molar refractivity (Wildman–Crippen MR) is 65.1 cm³/mol. The third kappa shape index (κ3) is 2.88. The van der Waals surface area contributed by atoms with Gasteiger partial charge in [0.2, 0.25) is 5.76 Å². The molecule has 1 N–H and O–H groups in total. The monoisotopic (exact) mass is 247 g/mol. The summed E-state index contributed by atoms with van der Waals surface area (Å²) in [7, 11) is 0. The van der Waals surface area contributed by atoms with Gasteiger partial charge in [-0.15, -0.1) is 0 Å². The van der Waals surface area contributed by atoms with Crippen LogP contribution in [0.25, 0.3) is 0 Å². The highest BCUT2D eigenvalue weighted by Gasteiger charge is 2.15. The molecule has 1 aliphatic rings. The Morgan fingerprint density at radius 3 is 2.78 bits per heavy atom. The number of anilines is 1. The number of amides is 1. The van der Waals surface area contributed by atoms with E-state index in [0.717, 1.165) is 0 Å². The van der Waals surface area contributed by atoms with Crippen LogP contribution >= 0.6 is 0 Å². The summed E-state index contributed by atoms with van der Waals surface area (Å²) < 4.78 is 10.1. The summed E-state index contributed by atoms with van der Waals surface area (Å²) >= 11 is 0. The van der Waals surface area contributed by atoms with E-state index in [1.165, 1.54) is 13.2 Å². The van der Waals surface area contributed by atoms with Gasteiger partial charge < -0.3 is 14.8 Å². The number of carbonyl (C=O) groups excluding carboxylic acids is 2. The lowest BCUT2D eigenvalue weighted by atomic mass is 10.1. The smallest absolute Gasteiger partial charge is 0.294 e. The lowest BCUT2D eigenvalue weighted by Crippen LogP contribution is -2.21. The van der Waals surface area contributed by atoms with Crippen molar-refractivity contribution in [1.82, 2.24) is 0 Å². The van der Waals surface area contributed by atoms with Gasteiger partial charge in [-0.3, -0.25) is 9.59 Å². The fourth-order valence-electron chi connectivity index (χ4n) is 1.50. The fourth-order valence-corrected chi connectivity index (χ4v) is 1.50. The van der Waals surface area contributed by atoms with Crippen molar-refractivity contribution in [2.75, 3.05) is 18.5 Å². The van der Waals surface area contributed by atoms with Crippen LogP contribution in [0, 0.1) is 0 Å². The molecule has 1 aliphatic heterocycles. The number of ketones is 1. The van der Waals surface area contributed by atoms with Gasteiger partial charge in [0.15, 0.2) is 5.78 Å². The third-order valence-corrected chi connectivity index (χ3v) is 2.40. The molecule has 0 unspecified atom stereocenters. The Kier molecular flexibility index (Phi) is 3.62. The zero-order valence-electron chi connectivity index (χ0n) is 9.93. The first-order valence-electron chi connectivity index (χ1n) is 5.54. The van der Waals surface area contributed by atoms with Crippen molar-refractivity contribution in [2.45, 2.75) is 6.92 Å². The van der Waals surface area contributed by atoms with Gasteiger partial charge in [0.1, 0.15) is 19.5 Å². The quantitative estimate of drug-likeness (QED) is 0.826. The minimum atomic E-state index is -0.393. The van der Waals surface area contributed by atoms with E-state index in [9.17, 15) is 9.59 Å². The number of rotatable bonds is 3. The maximum absolute atomic E-state index is 11.8. The van der Waals surface area contributed by atoms with Crippen LogP contribution in [0.4, 0.5) is 5.69 Å². The Balaban J connectivity index is 2.09. The zero-order chi connectivity index (χ0) is 13.0. The summed E-state index contributed by atoms with van der Waals surface area (Å²) in [4.78, 5) is 23.0. The first-order chi connectivity index (χ1) is 8.66. The Bertz CT molecular complexity index is 507. The summed E-state index contributed by atoms with van der Waals surface area (Å²) in [6, 6.07) is 6.72. The van der Waals surface area contributed by atoms with Crippen molar-refractivity contribution in [2.24, 2.45) is 0 Å². The number of carbonyl (C=O) groups is 2. The van der Waals surface area contributed by atoms with Gasteiger partial charge in [0, 0.05) is 11.3 Å². The number of nitrogens with one attached hydrogen (secondary N) is 1. The third-order valence-electron chi connectivity index (χ3n) is 2.40. The molecule has 0 saturated carbocycles. The summed E-state index contributed by atoms with van der Waals surface area (Å²) in [6.07, 6.45) is 1.29. The second-order valence-corrected chi connectivity index (χ2v) is 3.79. The molecular formula is C13H13NO4. The second-order valence-electron chi connectivity index (χ2n) is 3.79. The first kappa shape index (κ1) is 12.2. The lowest BCUT2D eigenvalue weighted by Gasteiger charge is -2.15. The molecule has 1 amide bonds. The summed E-state index contributed by atoms with van der Waals surface area (Å²) in [5.74, 6) is -0.313. The highest BCUT2D eigenvalue weighted by atomic mass is 16.6. The molecule has 0 saturated heterocycles. The number of benzene rings is 1. The van der Waals surface area contributed by atoms with Gasteiger partial charge in [-0.05, 0) is 19.1 Å². The number of hydrogen-bond donors (Lipinski definition) is 1. The Morgan fingerprint density at radius 1 is 1.28 bits per heavy atom. The second kappa shape index (κ2) is 5.35. The average Bonchev–Trinajstić information content (AvgIpc) is 2.40. The van der Waals surface area contributed by atoms with E-state index in [2.05, 4.69) is 5.32 Å². The molecule has 2 rings (SSSR count). The standard InChI is InChI=1S/C13H13NO4/c1-9(15)10-3-2-4-11(7-10)14-13(16)12-8-17-5-6-18-12/h2-4,7-8H,5-6H2,1H3,(H,14,16). The van der Waals surface area contributed by atoms with Crippen LogP contribution in [0.3, 0.4) is 0 Å². The van der Waals surface area contributed by atoms with Gasteiger partial charge >= 0.3 is 0 Å². The number of Topliss-reactive ketones (excluding diaryl/α,β-unsaturated/α-hetero) is 1. The van der Waals surface area contributed by atoms with Crippen LogP contribution in [0.1, 0.15) is 17.3 Å². The van der Waals surface area contributed by atoms with Crippen molar-refractivity contribution in [3.63, 3.8) is 0 Å². The molecule has 1 aromatic carbocycles. The molecule has 18 heavy (non-hydrogen) atoms. The molecular weight excluding hydrogens is 234 g/mol. The van der Waals surface area contributed by atoms with E-state index >= 15 is 0 Å². The van der Waals surface area contributed by atoms with Crippen LogP contribution in [-0.2, 0) is 14.3 Å². The van der Waals surface area contributed by atoms with Gasteiger partial charge in [0.25, 0.3) is 5.91 Å². The van der Waals surface area contributed by atoms with Gasteiger partial charge in [0.05, 0.1) is 0 Å². The molecule has 5 nitrogen and oxygen atoms in total. The van der Waals surface area contributed by atoms with E-state index < -0.39 is 5.91 Å². The molecule has 0 atom stereocenters. The normalized spacial score (nSPS) is 13.9. The molecule has 0 radical (unpaired) electrons. The maximum atomic E-state index is 11.8. The van der Waals surface area contributed by atoms with E-state index in [4.69, 9.17) is 9.47 Å². The molecule has 5 heteroatoms. The molecule has 0 aliphatic carbocycles. The number of hydrogen-bond acceptors (Lipinski definition) is 4. The molecule has 0 spiro atoms. The molecule has 0 bridgehead atoms. The minimum absolute atomic E-state index is 0.0532. The largest absolute Gasteiger partial charge is 0.494 e. The minimum Gasteiger partial charge on any atom is -0.494 e. The topological polar surface area (TPSA) is 64.6 Å². The van der Waals surface area contributed by atoms with Crippen LogP contribution < -0.4 is 5.32 Å². The average molecular weight is 247 g/mol. The molecule has 0 aromatic heterocycles. The fraction of sp³-hybridized carbons (Fsp3) is 0.231. The first-order valence-corrected chi connectivity index (χ1v) is 5.54. The predicted octanol–water partition coefficient (Wildman–Crippen LogP) is 1.72. The highest BCUT2D eigenvalue weighted by Crippen LogP contribution is 2.13. The van der Waals surface area contributed by atoms with Crippen molar-refractivity contribution >= 4 is 17.4 Å². The van der Waals surface area contributed by atoms with Gasteiger partial charge in [-0.25, -0.2) is 0 Å². The molecule has 94 valence electrons. The highest BCUT2D eigenvalue weighted by molar-refractivity contribution is 6.03. The van der Waals surface area contributed by atoms with Crippen LogP contribution in [0.5, 0.6) is 0 Å². The summed E-state index contributed by atoms with van der Waals surface area (Å²) in [6.45, 7) is 2.27. The summed E-state index contributed by atoms with van der Waals surface area (Å²) in [5.41, 5.74) is 1.09. The van der Waals surface area contributed by atoms with Crippen LogP contribution in [0.15, 0.2) is 36.3 Å². The van der Waals surface area contributed by atoms with Crippen LogP contribution in [0.2, 0.25) is 0 Å². The molecule has 1 heterocycles. The van der Waals surface area contributed by atoms with Crippen molar-refractivity contribution in [3.05, 3.63) is 41.9 Å². The van der Waals surface area contributed by atoms with E-state index in [1.54, 1.807) is 24.3 Å². The van der Waals surface area contributed by atoms with E-state index in [0.29, 0.717) is 24.5 Å². The lowest BCUT2D eigenvalue weighted by molar-refractivity contribution is -0.117.